The SMILES string of the molecule is CCN[C@H](C)CNS(=O)(=O)c1cc(Br)cc2c1OCC2.Cl. The van der Waals surface area contributed by atoms with E-state index >= 15 is 0 Å². The third kappa shape index (κ3) is 4.56. The highest BCUT2D eigenvalue weighted by Gasteiger charge is 2.26. The summed E-state index contributed by atoms with van der Waals surface area (Å²) < 4.78 is 33.7. The van der Waals surface area contributed by atoms with E-state index in [0.29, 0.717) is 18.9 Å². The summed E-state index contributed by atoms with van der Waals surface area (Å²) in [4.78, 5) is 0.211. The van der Waals surface area contributed by atoms with Gasteiger partial charge in [-0.2, -0.15) is 0 Å². The van der Waals surface area contributed by atoms with Crippen LogP contribution in [0.1, 0.15) is 19.4 Å². The average Bonchev–Trinajstić information content (AvgIpc) is 2.83. The van der Waals surface area contributed by atoms with Crippen molar-refractivity contribution in [3.8, 4) is 5.75 Å². The number of halogens is 2. The second kappa shape index (κ2) is 7.78. The summed E-state index contributed by atoms with van der Waals surface area (Å²) in [6.45, 7) is 5.60. The van der Waals surface area contributed by atoms with E-state index in [9.17, 15) is 8.42 Å². The second-order valence-electron chi connectivity index (χ2n) is 4.80. The summed E-state index contributed by atoms with van der Waals surface area (Å²) in [5.74, 6) is 0.483. The lowest BCUT2D eigenvalue weighted by Gasteiger charge is -2.15. The largest absolute Gasteiger partial charge is 0.492 e. The van der Waals surface area contributed by atoms with E-state index in [2.05, 4.69) is 26.0 Å². The quantitative estimate of drug-likeness (QED) is 0.768. The predicted molar refractivity (Wildman–Crippen MR) is 88.9 cm³/mol. The summed E-state index contributed by atoms with van der Waals surface area (Å²) in [7, 11) is -3.57. The molecule has 120 valence electrons. The third-order valence-corrected chi connectivity index (χ3v) is 5.02. The maximum absolute atomic E-state index is 12.4. The first-order valence-electron chi connectivity index (χ1n) is 6.62. The molecule has 1 heterocycles. The van der Waals surface area contributed by atoms with Crippen molar-refractivity contribution in [2.45, 2.75) is 31.2 Å². The molecule has 0 saturated carbocycles. The monoisotopic (exact) mass is 398 g/mol. The molecule has 0 amide bonds. The summed E-state index contributed by atoms with van der Waals surface area (Å²) in [5.41, 5.74) is 0.930. The van der Waals surface area contributed by atoms with Crippen LogP contribution in [0.2, 0.25) is 0 Å². The van der Waals surface area contributed by atoms with Gasteiger partial charge in [0.2, 0.25) is 10.0 Å². The maximum atomic E-state index is 12.4. The van der Waals surface area contributed by atoms with E-state index in [1.165, 1.54) is 0 Å². The average molecular weight is 400 g/mol. The summed E-state index contributed by atoms with van der Waals surface area (Å²) in [6.07, 6.45) is 0.741. The van der Waals surface area contributed by atoms with Crippen LogP contribution in [0.4, 0.5) is 0 Å². The van der Waals surface area contributed by atoms with Crippen LogP contribution in [-0.4, -0.2) is 34.2 Å². The number of rotatable bonds is 6. The number of nitrogens with one attached hydrogen (secondary N) is 2. The molecule has 0 spiro atoms. The molecule has 1 aromatic carbocycles. The number of likely N-dealkylation sites (N-methyl/N-ethyl adjacent to an activating group) is 1. The molecule has 0 fully saturated rings. The number of sulfonamides is 1. The Labute approximate surface area is 140 Å². The lowest BCUT2D eigenvalue weighted by Crippen LogP contribution is -2.38. The lowest BCUT2D eigenvalue weighted by molar-refractivity contribution is 0.348. The molecule has 1 aliphatic rings. The van der Waals surface area contributed by atoms with Crippen LogP contribution in [0.3, 0.4) is 0 Å². The van der Waals surface area contributed by atoms with Crippen molar-refractivity contribution in [3.05, 3.63) is 22.2 Å². The standard InChI is InChI=1S/C13H19BrN2O3S.ClH/c1-3-15-9(2)8-16-20(17,18)12-7-11(14)6-10-4-5-19-13(10)12;/h6-7,9,15-16H,3-5,8H2,1-2H3;1H/t9-;/m1./s1. The number of benzene rings is 1. The molecule has 0 aliphatic carbocycles. The van der Waals surface area contributed by atoms with E-state index in [1.54, 1.807) is 6.07 Å². The molecule has 2 rings (SSSR count). The van der Waals surface area contributed by atoms with Crippen LogP contribution >= 0.6 is 28.3 Å². The minimum absolute atomic E-state index is 0. The van der Waals surface area contributed by atoms with Gasteiger partial charge in [0.1, 0.15) is 10.6 Å². The molecule has 0 unspecified atom stereocenters. The molecule has 1 aromatic rings. The number of hydrogen-bond acceptors (Lipinski definition) is 4. The highest BCUT2D eigenvalue weighted by molar-refractivity contribution is 9.10. The second-order valence-corrected chi connectivity index (χ2v) is 7.45. The van der Waals surface area contributed by atoms with Gasteiger partial charge in [-0.15, -0.1) is 12.4 Å². The molecule has 2 N–H and O–H groups in total. The van der Waals surface area contributed by atoms with E-state index in [1.807, 2.05) is 19.9 Å². The van der Waals surface area contributed by atoms with Crippen molar-refractivity contribution < 1.29 is 13.2 Å². The summed E-state index contributed by atoms with van der Waals surface area (Å²) >= 11 is 3.35. The van der Waals surface area contributed by atoms with Gasteiger partial charge >= 0.3 is 0 Å². The molecule has 0 saturated heterocycles. The Morgan fingerprint density at radius 1 is 1.43 bits per heavy atom. The van der Waals surface area contributed by atoms with Gasteiger partial charge < -0.3 is 10.1 Å². The fraction of sp³-hybridized carbons (Fsp3) is 0.538. The normalized spacial score (nSPS) is 15.0. The number of ether oxygens (including phenoxy) is 1. The van der Waals surface area contributed by atoms with Gasteiger partial charge in [-0.05, 0) is 25.6 Å². The minimum Gasteiger partial charge on any atom is -0.492 e. The molecule has 21 heavy (non-hydrogen) atoms. The fourth-order valence-electron chi connectivity index (χ4n) is 2.17. The summed E-state index contributed by atoms with van der Waals surface area (Å²) in [6, 6.07) is 3.57. The van der Waals surface area contributed by atoms with Crippen LogP contribution in [0, 0.1) is 0 Å². The van der Waals surface area contributed by atoms with E-state index in [-0.39, 0.29) is 23.3 Å². The van der Waals surface area contributed by atoms with Gasteiger partial charge in [0, 0.05) is 29.0 Å². The van der Waals surface area contributed by atoms with Crippen molar-refractivity contribution in [3.63, 3.8) is 0 Å². The van der Waals surface area contributed by atoms with Crippen LogP contribution in [-0.2, 0) is 16.4 Å². The lowest BCUT2D eigenvalue weighted by atomic mass is 10.2. The zero-order valence-corrected chi connectivity index (χ0v) is 15.2. The molecular weight excluding hydrogens is 380 g/mol. The molecule has 0 aromatic heterocycles. The first-order chi connectivity index (χ1) is 9.44. The van der Waals surface area contributed by atoms with Crippen molar-refractivity contribution in [1.82, 2.24) is 10.0 Å². The molecule has 0 bridgehead atoms. The van der Waals surface area contributed by atoms with Crippen LogP contribution in [0.15, 0.2) is 21.5 Å². The molecule has 1 aliphatic heterocycles. The Morgan fingerprint density at radius 2 is 2.14 bits per heavy atom. The zero-order chi connectivity index (χ0) is 14.8. The molecule has 5 nitrogen and oxygen atoms in total. The Balaban J connectivity index is 0.00000220. The van der Waals surface area contributed by atoms with Gasteiger partial charge in [0.15, 0.2) is 0 Å². The molecule has 0 radical (unpaired) electrons. The zero-order valence-electron chi connectivity index (χ0n) is 12.0. The van der Waals surface area contributed by atoms with Crippen LogP contribution < -0.4 is 14.8 Å². The summed E-state index contributed by atoms with van der Waals surface area (Å²) in [5, 5.41) is 3.17. The maximum Gasteiger partial charge on any atom is 0.244 e. The van der Waals surface area contributed by atoms with Crippen LogP contribution in [0.25, 0.3) is 0 Å². The van der Waals surface area contributed by atoms with Crippen molar-refractivity contribution >= 4 is 38.4 Å². The molecule has 1 atom stereocenters. The number of hydrogen-bond donors (Lipinski definition) is 2. The smallest absolute Gasteiger partial charge is 0.244 e. The van der Waals surface area contributed by atoms with Gasteiger partial charge in [0.25, 0.3) is 0 Å². The first kappa shape index (κ1) is 18.7. The highest BCUT2D eigenvalue weighted by atomic mass is 79.9. The third-order valence-electron chi connectivity index (χ3n) is 3.14. The van der Waals surface area contributed by atoms with Crippen LogP contribution in [0.5, 0.6) is 5.75 Å². The van der Waals surface area contributed by atoms with E-state index < -0.39 is 10.0 Å². The predicted octanol–water partition coefficient (Wildman–Crippen LogP) is 2.08. The van der Waals surface area contributed by atoms with E-state index in [0.717, 1.165) is 23.0 Å². The Bertz CT molecular complexity index is 595. The molecular formula is C13H20BrClN2O3S. The van der Waals surface area contributed by atoms with Gasteiger partial charge in [-0.3, -0.25) is 0 Å². The van der Waals surface area contributed by atoms with Crippen molar-refractivity contribution in [2.24, 2.45) is 0 Å². The van der Waals surface area contributed by atoms with Crippen molar-refractivity contribution in [2.75, 3.05) is 19.7 Å². The Hall–Kier alpha value is -0.340. The fourth-order valence-corrected chi connectivity index (χ4v) is 4.17. The number of fused-ring (bicyclic) bond motifs is 1. The topological polar surface area (TPSA) is 67.4 Å². The van der Waals surface area contributed by atoms with Gasteiger partial charge in [-0.1, -0.05) is 22.9 Å². The Kier molecular flexibility index (Phi) is 6.93. The molecule has 8 heteroatoms. The van der Waals surface area contributed by atoms with Crippen molar-refractivity contribution in [1.29, 1.82) is 0 Å². The van der Waals surface area contributed by atoms with Gasteiger partial charge in [-0.25, -0.2) is 13.1 Å². The highest BCUT2D eigenvalue weighted by Crippen LogP contribution is 2.35. The first-order valence-corrected chi connectivity index (χ1v) is 8.90. The minimum atomic E-state index is -3.57. The Morgan fingerprint density at radius 3 is 2.81 bits per heavy atom. The van der Waals surface area contributed by atoms with E-state index in [4.69, 9.17) is 4.74 Å². The van der Waals surface area contributed by atoms with Gasteiger partial charge in [0.05, 0.1) is 6.61 Å².